The maximum Gasteiger partial charge on any atom is 0.312 e. The van der Waals surface area contributed by atoms with Crippen molar-refractivity contribution in [2.24, 2.45) is 0 Å². The Morgan fingerprint density at radius 3 is 2.44 bits per heavy atom. The Labute approximate surface area is 143 Å². The fraction of sp³-hybridized carbons (Fsp3) is 0.312. The van der Waals surface area contributed by atoms with Gasteiger partial charge in [0.2, 0.25) is 5.91 Å². The lowest BCUT2D eigenvalue weighted by Crippen LogP contribution is -2.20. The van der Waals surface area contributed by atoms with E-state index in [1.54, 1.807) is 31.2 Å². The van der Waals surface area contributed by atoms with E-state index in [2.05, 4.69) is 10.4 Å². The van der Waals surface area contributed by atoms with E-state index in [0.29, 0.717) is 17.8 Å². The number of carboxylic acids is 1. The van der Waals surface area contributed by atoms with Crippen LogP contribution in [0.4, 0.5) is 11.4 Å². The average Bonchev–Trinajstić information content (AvgIpc) is 2.80. The molecule has 2 rings (SSSR count). The summed E-state index contributed by atoms with van der Waals surface area (Å²) in [6.07, 6.45) is 0.460. The third-order valence-electron chi connectivity index (χ3n) is 3.68. The number of anilines is 1. The van der Waals surface area contributed by atoms with Gasteiger partial charge in [-0.2, -0.15) is 5.10 Å². The summed E-state index contributed by atoms with van der Waals surface area (Å²) < 4.78 is 1.30. The molecule has 9 nitrogen and oxygen atoms in total. The number of nitrogens with zero attached hydrogens (tertiary/aromatic N) is 3. The monoisotopic (exact) mass is 346 g/mol. The van der Waals surface area contributed by atoms with Crippen LogP contribution in [0.3, 0.4) is 0 Å². The van der Waals surface area contributed by atoms with Gasteiger partial charge in [-0.1, -0.05) is 12.1 Å². The van der Waals surface area contributed by atoms with Crippen LogP contribution in [0.5, 0.6) is 0 Å². The Bertz CT molecular complexity index is 811. The molecule has 1 aromatic heterocycles. The molecule has 0 bridgehead atoms. The van der Waals surface area contributed by atoms with Crippen molar-refractivity contribution >= 4 is 23.3 Å². The highest BCUT2D eigenvalue weighted by Crippen LogP contribution is 2.21. The molecule has 0 fully saturated rings. The number of hydrogen-bond acceptors (Lipinski definition) is 5. The lowest BCUT2D eigenvalue weighted by Gasteiger charge is -2.07. The molecule has 0 atom stereocenters. The summed E-state index contributed by atoms with van der Waals surface area (Å²) in [4.78, 5) is 33.1. The third kappa shape index (κ3) is 4.63. The number of carboxylic acid groups (broad SMARTS) is 1. The van der Waals surface area contributed by atoms with Crippen LogP contribution in [0, 0.1) is 24.0 Å². The van der Waals surface area contributed by atoms with Crippen LogP contribution in [0.2, 0.25) is 0 Å². The van der Waals surface area contributed by atoms with Crippen molar-refractivity contribution in [2.75, 3.05) is 5.32 Å². The van der Waals surface area contributed by atoms with Gasteiger partial charge in [0.15, 0.2) is 0 Å². The number of benzene rings is 1. The van der Waals surface area contributed by atoms with Crippen molar-refractivity contribution in [3.8, 4) is 0 Å². The van der Waals surface area contributed by atoms with Gasteiger partial charge in [-0.25, -0.2) is 0 Å². The highest BCUT2D eigenvalue weighted by atomic mass is 16.6. The van der Waals surface area contributed by atoms with E-state index in [1.807, 2.05) is 0 Å². The van der Waals surface area contributed by atoms with Gasteiger partial charge in [0.25, 0.3) is 0 Å². The van der Waals surface area contributed by atoms with E-state index in [-0.39, 0.29) is 30.3 Å². The SMILES string of the molecule is Cc1nn(CC(=O)Nc2ccc(CCC(=O)O)cc2)c(C)c1[N+](=O)[O-]. The molecule has 0 aliphatic rings. The highest BCUT2D eigenvalue weighted by Gasteiger charge is 2.22. The summed E-state index contributed by atoms with van der Waals surface area (Å²) in [5.74, 6) is -1.23. The molecule has 0 saturated heterocycles. The first kappa shape index (κ1) is 18.1. The van der Waals surface area contributed by atoms with Crippen LogP contribution in [0.1, 0.15) is 23.4 Å². The van der Waals surface area contributed by atoms with Crippen LogP contribution in [-0.2, 0) is 22.6 Å². The molecule has 9 heteroatoms. The number of rotatable bonds is 7. The van der Waals surface area contributed by atoms with E-state index in [9.17, 15) is 19.7 Å². The van der Waals surface area contributed by atoms with Crippen LogP contribution < -0.4 is 5.32 Å². The molecule has 1 amide bonds. The van der Waals surface area contributed by atoms with Crippen molar-refractivity contribution in [3.05, 3.63) is 51.3 Å². The number of carbonyl (C=O) groups excluding carboxylic acids is 1. The number of nitro groups is 1. The van der Waals surface area contributed by atoms with E-state index in [0.717, 1.165) is 5.56 Å². The number of amides is 1. The fourth-order valence-electron chi connectivity index (χ4n) is 2.45. The molecule has 0 aliphatic heterocycles. The molecule has 0 aliphatic carbocycles. The molecular formula is C16H18N4O5. The maximum atomic E-state index is 12.1. The standard InChI is InChI=1S/C16H18N4O5/c1-10-16(20(24)25)11(2)19(18-10)9-14(21)17-13-6-3-12(4-7-13)5-8-15(22)23/h3-4,6-7H,5,8-9H2,1-2H3,(H,17,21)(H,22,23). The van der Waals surface area contributed by atoms with Gasteiger partial charge in [0, 0.05) is 12.1 Å². The first-order valence-electron chi connectivity index (χ1n) is 7.57. The predicted molar refractivity (Wildman–Crippen MR) is 89.4 cm³/mol. The summed E-state index contributed by atoms with van der Waals surface area (Å²) in [5, 5.41) is 26.3. The number of aryl methyl sites for hydroxylation is 2. The molecular weight excluding hydrogens is 328 g/mol. The Kier molecular flexibility index (Phi) is 5.48. The van der Waals surface area contributed by atoms with E-state index < -0.39 is 10.9 Å². The van der Waals surface area contributed by atoms with E-state index >= 15 is 0 Å². The fourth-order valence-corrected chi connectivity index (χ4v) is 2.45. The Balaban J connectivity index is 2.00. The molecule has 2 N–H and O–H groups in total. The lowest BCUT2D eigenvalue weighted by atomic mass is 10.1. The normalized spacial score (nSPS) is 10.5. The Morgan fingerprint density at radius 2 is 1.92 bits per heavy atom. The molecule has 1 aromatic carbocycles. The first-order valence-corrected chi connectivity index (χ1v) is 7.57. The van der Waals surface area contributed by atoms with Crippen molar-refractivity contribution in [2.45, 2.75) is 33.2 Å². The predicted octanol–water partition coefficient (Wildman–Crippen LogP) is 2.06. The van der Waals surface area contributed by atoms with Crippen LogP contribution >= 0.6 is 0 Å². The zero-order chi connectivity index (χ0) is 18.6. The lowest BCUT2D eigenvalue weighted by molar-refractivity contribution is -0.386. The van der Waals surface area contributed by atoms with Gasteiger partial charge in [0.1, 0.15) is 17.9 Å². The summed E-state index contributed by atoms with van der Waals surface area (Å²) in [6.45, 7) is 2.93. The van der Waals surface area contributed by atoms with Crippen LogP contribution in [0.15, 0.2) is 24.3 Å². The summed E-state index contributed by atoms with van der Waals surface area (Å²) in [7, 11) is 0. The molecule has 25 heavy (non-hydrogen) atoms. The number of aromatic nitrogens is 2. The van der Waals surface area contributed by atoms with Crippen molar-refractivity contribution in [3.63, 3.8) is 0 Å². The quantitative estimate of drug-likeness (QED) is 0.583. The minimum absolute atomic E-state index is 0.0441. The van der Waals surface area contributed by atoms with Crippen molar-refractivity contribution < 1.29 is 19.6 Å². The van der Waals surface area contributed by atoms with Gasteiger partial charge in [-0.15, -0.1) is 0 Å². The van der Waals surface area contributed by atoms with Gasteiger partial charge in [-0.3, -0.25) is 24.4 Å². The number of nitrogens with one attached hydrogen (secondary N) is 1. The summed E-state index contributed by atoms with van der Waals surface area (Å²) >= 11 is 0. The largest absolute Gasteiger partial charge is 0.481 e. The molecule has 2 aromatic rings. The zero-order valence-electron chi connectivity index (χ0n) is 13.9. The van der Waals surface area contributed by atoms with Gasteiger partial charge >= 0.3 is 11.7 Å². The van der Waals surface area contributed by atoms with Crippen LogP contribution in [-0.4, -0.2) is 31.7 Å². The maximum absolute atomic E-state index is 12.1. The highest BCUT2D eigenvalue weighted by molar-refractivity contribution is 5.90. The third-order valence-corrected chi connectivity index (χ3v) is 3.68. The second kappa shape index (κ2) is 7.56. The number of carbonyl (C=O) groups is 2. The topological polar surface area (TPSA) is 127 Å². The molecule has 132 valence electrons. The van der Waals surface area contributed by atoms with Gasteiger partial charge in [-0.05, 0) is 38.0 Å². The minimum Gasteiger partial charge on any atom is -0.481 e. The number of aliphatic carboxylic acids is 1. The zero-order valence-corrected chi connectivity index (χ0v) is 13.9. The first-order chi connectivity index (χ1) is 11.8. The smallest absolute Gasteiger partial charge is 0.312 e. The average molecular weight is 346 g/mol. The molecule has 0 saturated carbocycles. The molecule has 1 heterocycles. The Hall–Kier alpha value is -3.23. The van der Waals surface area contributed by atoms with Crippen molar-refractivity contribution in [1.29, 1.82) is 0 Å². The van der Waals surface area contributed by atoms with Crippen LogP contribution in [0.25, 0.3) is 0 Å². The summed E-state index contributed by atoms with van der Waals surface area (Å²) in [5.41, 5.74) is 1.91. The van der Waals surface area contributed by atoms with E-state index in [1.165, 1.54) is 11.6 Å². The molecule has 0 radical (unpaired) electrons. The second-order valence-electron chi connectivity index (χ2n) is 5.57. The molecule has 0 spiro atoms. The second-order valence-corrected chi connectivity index (χ2v) is 5.57. The van der Waals surface area contributed by atoms with Gasteiger partial charge < -0.3 is 10.4 Å². The number of hydrogen-bond donors (Lipinski definition) is 2. The molecule has 0 unspecified atom stereocenters. The summed E-state index contributed by atoms with van der Waals surface area (Å²) in [6, 6.07) is 6.84. The Morgan fingerprint density at radius 1 is 1.28 bits per heavy atom. The minimum atomic E-state index is -0.864. The van der Waals surface area contributed by atoms with E-state index in [4.69, 9.17) is 5.11 Å². The van der Waals surface area contributed by atoms with Gasteiger partial charge in [0.05, 0.1) is 4.92 Å². The van der Waals surface area contributed by atoms with Crippen molar-refractivity contribution in [1.82, 2.24) is 9.78 Å².